The van der Waals surface area contributed by atoms with Gasteiger partial charge in [-0.25, -0.2) is 0 Å². The van der Waals surface area contributed by atoms with Gasteiger partial charge >= 0.3 is 0 Å². The topological polar surface area (TPSA) is 88.1 Å². The number of nitrogens with zero attached hydrogens (tertiary/aromatic N) is 2. The number of ether oxygens (including phenoxy) is 6. The molecule has 5 rings (SSSR count). The zero-order valence-corrected chi connectivity index (χ0v) is 24.6. The number of furan rings is 2. The van der Waals surface area contributed by atoms with Crippen molar-refractivity contribution in [3.8, 4) is 34.5 Å². The number of benzene rings is 2. The molecule has 40 heavy (non-hydrogen) atoms. The highest BCUT2D eigenvalue weighted by Gasteiger charge is 2.27. The van der Waals surface area contributed by atoms with Crippen LogP contribution in [0, 0.1) is 13.8 Å². The van der Waals surface area contributed by atoms with Crippen molar-refractivity contribution in [3.05, 3.63) is 34.8 Å². The molecule has 4 aromatic rings. The molecule has 1 aliphatic rings. The Morgan fingerprint density at radius 2 is 0.900 bits per heavy atom. The lowest BCUT2D eigenvalue weighted by Crippen LogP contribution is -2.45. The summed E-state index contributed by atoms with van der Waals surface area (Å²) >= 11 is 0. The van der Waals surface area contributed by atoms with Crippen LogP contribution in [0.2, 0.25) is 0 Å². The average Bonchev–Trinajstić information content (AvgIpc) is 3.46. The molecule has 0 saturated carbocycles. The summed E-state index contributed by atoms with van der Waals surface area (Å²) in [5.74, 6) is 5.38. The molecule has 1 aliphatic heterocycles. The first kappa shape index (κ1) is 27.8. The molecule has 10 nitrogen and oxygen atoms in total. The predicted octanol–water partition coefficient (Wildman–Crippen LogP) is 5.17. The lowest BCUT2D eigenvalue weighted by atomic mass is 10.1. The van der Waals surface area contributed by atoms with E-state index in [1.54, 1.807) is 42.7 Å². The molecular weight excluding hydrogens is 516 g/mol. The summed E-state index contributed by atoms with van der Waals surface area (Å²) < 4.78 is 46.1. The second-order valence-corrected chi connectivity index (χ2v) is 9.89. The molecule has 0 amide bonds. The van der Waals surface area contributed by atoms with Crippen molar-refractivity contribution in [2.45, 2.75) is 26.9 Å². The summed E-state index contributed by atoms with van der Waals surface area (Å²) in [5.41, 5.74) is 3.55. The standard InChI is InChI=1S/C30H38N2O8/c1-17-23(39-19-13-21(33-3)27(35-5)29(37-7)25(17)19)15-31-9-11-32(12-10-31)16-24-18(2)26-20(40-24)14-22(34-4)28(36-6)30(26)38-8/h13-14H,9-12,15-16H2,1-8H3. The van der Waals surface area contributed by atoms with Crippen LogP contribution >= 0.6 is 0 Å². The minimum absolute atomic E-state index is 0.567. The van der Waals surface area contributed by atoms with Crippen molar-refractivity contribution in [1.82, 2.24) is 9.80 Å². The Balaban J connectivity index is 1.31. The molecule has 0 N–H and O–H groups in total. The third-order valence-corrected chi connectivity index (χ3v) is 7.84. The van der Waals surface area contributed by atoms with Gasteiger partial charge in [0.1, 0.15) is 22.7 Å². The molecule has 0 radical (unpaired) electrons. The Kier molecular flexibility index (Phi) is 7.91. The summed E-state index contributed by atoms with van der Waals surface area (Å²) in [7, 11) is 9.70. The Morgan fingerprint density at radius 1 is 0.550 bits per heavy atom. The molecule has 0 atom stereocenters. The zero-order chi connectivity index (χ0) is 28.6. The number of aryl methyl sites for hydroxylation is 2. The van der Waals surface area contributed by atoms with Crippen LogP contribution in [-0.4, -0.2) is 78.6 Å². The van der Waals surface area contributed by atoms with Crippen LogP contribution in [0.1, 0.15) is 22.6 Å². The van der Waals surface area contributed by atoms with Gasteiger partial charge < -0.3 is 37.3 Å². The highest BCUT2D eigenvalue weighted by molar-refractivity contribution is 5.94. The van der Waals surface area contributed by atoms with E-state index in [9.17, 15) is 0 Å². The molecular formula is C30H38N2O8. The molecule has 2 aromatic carbocycles. The van der Waals surface area contributed by atoms with Crippen LogP contribution in [0.25, 0.3) is 21.9 Å². The molecule has 0 spiro atoms. The minimum atomic E-state index is 0.567. The quantitative estimate of drug-likeness (QED) is 0.262. The lowest BCUT2D eigenvalue weighted by molar-refractivity contribution is 0.111. The second kappa shape index (κ2) is 11.4. The first-order chi connectivity index (χ1) is 19.4. The summed E-state index contributed by atoms with van der Waals surface area (Å²) in [6, 6.07) is 3.72. The Morgan fingerprint density at radius 3 is 1.20 bits per heavy atom. The van der Waals surface area contributed by atoms with Crippen LogP contribution < -0.4 is 28.4 Å². The zero-order valence-electron chi connectivity index (χ0n) is 24.6. The summed E-state index contributed by atoms with van der Waals surface area (Å²) in [6.07, 6.45) is 0. The van der Waals surface area contributed by atoms with Gasteiger partial charge in [-0.2, -0.15) is 0 Å². The Bertz CT molecular complexity index is 1400. The molecule has 0 aliphatic carbocycles. The van der Waals surface area contributed by atoms with Gasteiger partial charge in [0, 0.05) is 49.4 Å². The molecule has 0 bridgehead atoms. The molecule has 1 saturated heterocycles. The van der Waals surface area contributed by atoms with Crippen molar-refractivity contribution in [2.24, 2.45) is 0 Å². The van der Waals surface area contributed by atoms with Crippen LogP contribution in [0.3, 0.4) is 0 Å². The summed E-state index contributed by atoms with van der Waals surface area (Å²) in [6.45, 7) is 9.18. The smallest absolute Gasteiger partial charge is 0.204 e. The molecule has 0 unspecified atom stereocenters. The largest absolute Gasteiger partial charge is 0.493 e. The molecule has 3 heterocycles. The molecule has 216 valence electrons. The van der Waals surface area contributed by atoms with Gasteiger partial charge in [-0.3, -0.25) is 9.80 Å². The third-order valence-electron chi connectivity index (χ3n) is 7.84. The number of rotatable bonds is 10. The second-order valence-electron chi connectivity index (χ2n) is 9.89. The molecule has 10 heteroatoms. The highest BCUT2D eigenvalue weighted by Crippen LogP contribution is 2.47. The first-order valence-electron chi connectivity index (χ1n) is 13.2. The number of methoxy groups -OCH3 is 6. The van der Waals surface area contributed by atoms with Crippen LogP contribution in [0.4, 0.5) is 0 Å². The van der Waals surface area contributed by atoms with Crippen molar-refractivity contribution in [1.29, 1.82) is 0 Å². The van der Waals surface area contributed by atoms with E-state index in [-0.39, 0.29) is 0 Å². The van der Waals surface area contributed by atoms with Gasteiger partial charge in [-0.1, -0.05) is 0 Å². The van der Waals surface area contributed by atoms with E-state index in [1.165, 1.54) is 0 Å². The average molecular weight is 555 g/mol. The van der Waals surface area contributed by atoms with Gasteiger partial charge in [0.2, 0.25) is 11.5 Å². The first-order valence-corrected chi connectivity index (χ1v) is 13.2. The SMILES string of the molecule is COc1cc2oc(CN3CCN(Cc4oc5cc(OC)c(OC)c(OC)c5c4C)CC3)c(C)c2c(OC)c1OC. The van der Waals surface area contributed by atoms with Gasteiger partial charge in [-0.15, -0.1) is 0 Å². The number of hydrogen-bond donors (Lipinski definition) is 0. The van der Waals surface area contributed by atoms with E-state index in [4.69, 9.17) is 37.3 Å². The van der Waals surface area contributed by atoms with Crippen molar-refractivity contribution in [3.63, 3.8) is 0 Å². The lowest BCUT2D eigenvalue weighted by Gasteiger charge is -2.34. The molecule has 2 aromatic heterocycles. The normalized spacial score (nSPS) is 14.6. The Hall–Kier alpha value is -3.76. The van der Waals surface area contributed by atoms with Gasteiger partial charge in [-0.05, 0) is 13.8 Å². The van der Waals surface area contributed by atoms with Crippen LogP contribution in [0.5, 0.6) is 34.5 Å². The maximum atomic E-state index is 6.30. The fourth-order valence-corrected chi connectivity index (χ4v) is 5.65. The van der Waals surface area contributed by atoms with E-state index in [0.29, 0.717) is 47.6 Å². The van der Waals surface area contributed by atoms with Crippen molar-refractivity contribution < 1.29 is 37.3 Å². The molecule has 1 fully saturated rings. The summed E-state index contributed by atoms with van der Waals surface area (Å²) in [5, 5.41) is 1.83. The van der Waals surface area contributed by atoms with Gasteiger partial charge in [0.25, 0.3) is 0 Å². The fraction of sp³-hybridized carbons (Fsp3) is 0.467. The predicted molar refractivity (Wildman–Crippen MR) is 152 cm³/mol. The van der Waals surface area contributed by atoms with E-state index in [0.717, 1.165) is 70.8 Å². The number of hydrogen-bond acceptors (Lipinski definition) is 10. The van der Waals surface area contributed by atoms with Crippen LogP contribution in [0.15, 0.2) is 21.0 Å². The van der Waals surface area contributed by atoms with Crippen LogP contribution in [-0.2, 0) is 13.1 Å². The third kappa shape index (κ3) is 4.65. The monoisotopic (exact) mass is 554 g/mol. The highest BCUT2D eigenvalue weighted by atomic mass is 16.5. The number of fused-ring (bicyclic) bond motifs is 2. The van der Waals surface area contributed by atoms with E-state index >= 15 is 0 Å². The summed E-state index contributed by atoms with van der Waals surface area (Å²) in [4.78, 5) is 4.82. The maximum Gasteiger partial charge on any atom is 0.204 e. The Labute approximate surface area is 234 Å². The van der Waals surface area contributed by atoms with E-state index in [1.807, 2.05) is 12.1 Å². The van der Waals surface area contributed by atoms with Gasteiger partial charge in [0.15, 0.2) is 23.0 Å². The maximum absolute atomic E-state index is 6.30. The minimum Gasteiger partial charge on any atom is -0.493 e. The van der Waals surface area contributed by atoms with Gasteiger partial charge in [0.05, 0.1) is 66.5 Å². The number of piperazine rings is 1. The van der Waals surface area contributed by atoms with E-state index in [2.05, 4.69) is 23.6 Å². The van der Waals surface area contributed by atoms with E-state index < -0.39 is 0 Å². The van der Waals surface area contributed by atoms with Crippen molar-refractivity contribution >= 4 is 21.9 Å². The van der Waals surface area contributed by atoms with Crippen molar-refractivity contribution in [2.75, 3.05) is 68.8 Å². The fourth-order valence-electron chi connectivity index (χ4n) is 5.65.